The van der Waals surface area contributed by atoms with Crippen molar-refractivity contribution in [1.29, 1.82) is 0 Å². The number of amides is 2. The van der Waals surface area contributed by atoms with Gasteiger partial charge in [-0.1, -0.05) is 40.0 Å². The molecule has 0 spiro atoms. The number of carbonyl (C=O) groups excluding carboxylic acids is 2. The number of ether oxygens (including phenoxy) is 1. The summed E-state index contributed by atoms with van der Waals surface area (Å²) >= 11 is 1.75. The Bertz CT molecular complexity index is 1020. The van der Waals surface area contributed by atoms with E-state index in [0.29, 0.717) is 18.8 Å². The first-order chi connectivity index (χ1) is 17.0. The molecule has 8 heteroatoms. The molecule has 0 bridgehead atoms. The highest BCUT2D eigenvalue weighted by atomic mass is 32.1. The SMILES string of the molecule is CC.CCc1cc2c(cc3n2CC(C)(C(=O)NC2CCCCC2)N(CCN2CCOCC2)C3=O)s1. The smallest absolute Gasteiger partial charge is 0.271 e. The summed E-state index contributed by atoms with van der Waals surface area (Å²) < 4.78 is 8.71. The Morgan fingerprint density at radius 2 is 1.86 bits per heavy atom. The van der Waals surface area contributed by atoms with Gasteiger partial charge in [0.15, 0.2) is 0 Å². The van der Waals surface area contributed by atoms with E-state index in [1.165, 1.54) is 24.1 Å². The Hall–Kier alpha value is -1.90. The summed E-state index contributed by atoms with van der Waals surface area (Å²) in [6, 6.07) is 4.44. The third-order valence-electron chi connectivity index (χ3n) is 7.69. The van der Waals surface area contributed by atoms with Gasteiger partial charge in [-0.05, 0) is 38.3 Å². The van der Waals surface area contributed by atoms with Crippen molar-refractivity contribution in [2.45, 2.75) is 84.3 Å². The van der Waals surface area contributed by atoms with Crippen LogP contribution in [0.2, 0.25) is 0 Å². The Balaban J connectivity index is 0.00000141. The Morgan fingerprint density at radius 3 is 2.54 bits per heavy atom. The first kappa shape index (κ1) is 26.2. The molecule has 7 nitrogen and oxygen atoms in total. The van der Waals surface area contributed by atoms with Gasteiger partial charge in [0.2, 0.25) is 5.91 Å². The van der Waals surface area contributed by atoms with Crippen LogP contribution in [0, 0.1) is 0 Å². The predicted octanol–water partition coefficient (Wildman–Crippen LogP) is 4.29. The first-order valence-corrected chi connectivity index (χ1v) is 14.4. The lowest BCUT2D eigenvalue weighted by Gasteiger charge is -2.45. The van der Waals surface area contributed by atoms with Crippen LogP contribution in [0.5, 0.6) is 0 Å². The molecule has 0 aromatic carbocycles. The number of morpholine rings is 1. The fraction of sp³-hybridized carbons (Fsp3) is 0.704. The van der Waals surface area contributed by atoms with Gasteiger partial charge < -0.3 is 19.5 Å². The van der Waals surface area contributed by atoms with Crippen molar-refractivity contribution in [3.63, 3.8) is 0 Å². The average molecular weight is 503 g/mol. The van der Waals surface area contributed by atoms with E-state index in [9.17, 15) is 9.59 Å². The minimum Gasteiger partial charge on any atom is -0.379 e. The van der Waals surface area contributed by atoms with Gasteiger partial charge in [-0.2, -0.15) is 0 Å². The molecule has 1 saturated heterocycles. The maximum atomic E-state index is 13.8. The average Bonchev–Trinajstić information content (AvgIpc) is 3.45. The van der Waals surface area contributed by atoms with Crippen molar-refractivity contribution in [3.8, 4) is 0 Å². The lowest BCUT2D eigenvalue weighted by molar-refractivity contribution is -0.134. The van der Waals surface area contributed by atoms with Gasteiger partial charge in [0, 0.05) is 37.1 Å². The number of nitrogens with one attached hydrogen (secondary N) is 1. The van der Waals surface area contributed by atoms with E-state index in [-0.39, 0.29) is 17.9 Å². The molecule has 1 aliphatic carbocycles. The van der Waals surface area contributed by atoms with Crippen LogP contribution < -0.4 is 5.32 Å². The largest absolute Gasteiger partial charge is 0.379 e. The van der Waals surface area contributed by atoms with Crippen molar-refractivity contribution in [2.75, 3.05) is 39.4 Å². The molecule has 1 N–H and O–H groups in total. The van der Waals surface area contributed by atoms with Crippen LogP contribution in [0.1, 0.15) is 75.2 Å². The molecule has 2 fully saturated rings. The van der Waals surface area contributed by atoms with Crippen LogP contribution in [0.15, 0.2) is 12.1 Å². The minimum absolute atomic E-state index is 0.0110. The zero-order valence-electron chi connectivity index (χ0n) is 21.9. The lowest BCUT2D eigenvalue weighted by Crippen LogP contribution is -2.66. The molecule has 4 heterocycles. The number of aromatic nitrogens is 1. The molecule has 1 atom stereocenters. The van der Waals surface area contributed by atoms with E-state index in [1.54, 1.807) is 11.3 Å². The Kier molecular flexibility index (Phi) is 8.55. The molecule has 5 rings (SSSR count). The van der Waals surface area contributed by atoms with E-state index in [4.69, 9.17) is 4.74 Å². The van der Waals surface area contributed by atoms with Gasteiger partial charge >= 0.3 is 0 Å². The molecule has 2 aliphatic heterocycles. The highest BCUT2D eigenvalue weighted by Gasteiger charge is 2.48. The normalized spacial score (nSPS) is 23.7. The summed E-state index contributed by atoms with van der Waals surface area (Å²) in [5, 5.41) is 3.33. The van der Waals surface area contributed by atoms with E-state index in [1.807, 2.05) is 31.7 Å². The van der Waals surface area contributed by atoms with Crippen LogP contribution >= 0.6 is 11.3 Å². The monoisotopic (exact) mass is 502 g/mol. The fourth-order valence-corrected chi connectivity index (χ4v) is 6.61. The van der Waals surface area contributed by atoms with Gasteiger partial charge in [0.25, 0.3) is 5.91 Å². The van der Waals surface area contributed by atoms with Crippen molar-refractivity contribution in [1.82, 2.24) is 19.7 Å². The maximum absolute atomic E-state index is 13.8. The van der Waals surface area contributed by atoms with Gasteiger partial charge in [0.1, 0.15) is 11.2 Å². The number of hydrogen-bond acceptors (Lipinski definition) is 5. The maximum Gasteiger partial charge on any atom is 0.271 e. The molecular formula is C27H42N4O3S. The highest BCUT2D eigenvalue weighted by molar-refractivity contribution is 7.19. The Labute approximate surface area is 213 Å². The summed E-state index contributed by atoms with van der Waals surface area (Å²) in [7, 11) is 0. The van der Waals surface area contributed by atoms with Crippen LogP contribution in [0.25, 0.3) is 10.2 Å². The first-order valence-electron chi connectivity index (χ1n) is 13.5. The van der Waals surface area contributed by atoms with E-state index >= 15 is 0 Å². The van der Waals surface area contributed by atoms with Crippen molar-refractivity contribution in [3.05, 3.63) is 22.7 Å². The van der Waals surface area contributed by atoms with Crippen molar-refractivity contribution >= 4 is 33.4 Å². The fourth-order valence-electron chi connectivity index (χ4n) is 5.57. The van der Waals surface area contributed by atoms with E-state index < -0.39 is 5.54 Å². The molecule has 1 unspecified atom stereocenters. The molecular weight excluding hydrogens is 460 g/mol. The number of rotatable bonds is 6. The predicted molar refractivity (Wildman–Crippen MR) is 142 cm³/mol. The number of hydrogen-bond donors (Lipinski definition) is 1. The molecule has 35 heavy (non-hydrogen) atoms. The summed E-state index contributed by atoms with van der Waals surface area (Å²) in [6.07, 6.45) is 6.63. The quantitative estimate of drug-likeness (QED) is 0.640. The number of fused-ring (bicyclic) bond motifs is 3. The molecule has 2 aromatic rings. The third-order valence-corrected chi connectivity index (χ3v) is 8.90. The van der Waals surface area contributed by atoms with E-state index in [0.717, 1.165) is 62.3 Å². The van der Waals surface area contributed by atoms with Crippen LogP contribution in [-0.2, 0) is 22.5 Å². The van der Waals surface area contributed by atoms with Gasteiger partial charge in [-0.15, -0.1) is 11.3 Å². The molecule has 194 valence electrons. The van der Waals surface area contributed by atoms with E-state index in [2.05, 4.69) is 27.8 Å². The number of thiophene rings is 1. The van der Waals surface area contributed by atoms with Crippen molar-refractivity contribution < 1.29 is 14.3 Å². The molecule has 3 aliphatic rings. The van der Waals surface area contributed by atoms with Crippen LogP contribution in [-0.4, -0.2) is 77.2 Å². The zero-order valence-corrected chi connectivity index (χ0v) is 22.7. The number of aryl methyl sites for hydroxylation is 1. The second-order valence-electron chi connectivity index (χ2n) is 9.92. The lowest BCUT2D eigenvalue weighted by atomic mass is 9.91. The highest BCUT2D eigenvalue weighted by Crippen LogP contribution is 2.36. The molecule has 0 radical (unpaired) electrons. The van der Waals surface area contributed by atoms with Crippen LogP contribution in [0.4, 0.5) is 0 Å². The summed E-state index contributed by atoms with van der Waals surface area (Å²) in [5.74, 6) is -0.0413. The summed E-state index contributed by atoms with van der Waals surface area (Å²) in [6.45, 7) is 13.1. The minimum atomic E-state index is -0.909. The Morgan fingerprint density at radius 1 is 1.14 bits per heavy atom. The molecule has 2 aromatic heterocycles. The number of nitrogens with zero attached hydrogens (tertiary/aromatic N) is 3. The standard InChI is InChI=1S/C25H36N4O3S.C2H6/c1-3-19-15-20-22(33-19)16-21-23(30)29(10-9-27-11-13-32-14-12-27)25(2,17-28(20)21)24(31)26-18-7-5-4-6-8-18;1-2/h15-16,18H,3-14,17H2,1-2H3,(H,26,31);1-2H3. The third kappa shape index (κ3) is 5.30. The second-order valence-corrected chi connectivity index (χ2v) is 11.1. The van der Waals surface area contributed by atoms with Gasteiger partial charge in [-0.3, -0.25) is 14.5 Å². The summed E-state index contributed by atoms with van der Waals surface area (Å²) in [4.78, 5) is 33.1. The van der Waals surface area contributed by atoms with Crippen molar-refractivity contribution in [2.24, 2.45) is 0 Å². The molecule has 2 amide bonds. The topological polar surface area (TPSA) is 66.8 Å². The second kappa shape index (κ2) is 11.4. The van der Waals surface area contributed by atoms with Gasteiger partial charge in [-0.25, -0.2) is 0 Å². The van der Waals surface area contributed by atoms with Gasteiger partial charge in [0.05, 0.1) is 30.0 Å². The van der Waals surface area contributed by atoms with Crippen LogP contribution in [0.3, 0.4) is 0 Å². The zero-order chi connectivity index (χ0) is 25.0. The number of carbonyl (C=O) groups is 2. The molecule has 1 saturated carbocycles. The summed E-state index contributed by atoms with van der Waals surface area (Å²) in [5.41, 5.74) is 0.891.